The van der Waals surface area contributed by atoms with Gasteiger partial charge in [-0.3, -0.25) is 14.7 Å². The zero-order chi connectivity index (χ0) is 19.2. The van der Waals surface area contributed by atoms with E-state index in [1.807, 2.05) is 0 Å². The fourth-order valence-corrected chi connectivity index (χ4v) is 5.43. The Kier molecular flexibility index (Phi) is 6.45. The summed E-state index contributed by atoms with van der Waals surface area (Å²) in [5.41, 5.74) is 0.202. The van der Waals surface area contributed by atoms with Gasteiger partial charge in [0.25, 0.3) is 0 Å². The Morgan fingerprint density at radius 2 is 1.82 bits per heavy atom. The number of hydrogen-bond acceptors (Lipinski definition) is 5. The summed E-state index contributed by atoms with van der Waals surface area (Å²) in [6.07, 6.45) is 17.6. The second-order valence-corrected chi connectivity index (χ2v) is 8.90. The van der Waals surface area contributed by atoms with Gasteiger partial charge in [-0.05, 0) is 51.6 Å². The van der Waals surface area contributed by atoms with Crippen molar-refractivity contribution in [3.63, 3.8) is 0 Å². The molecule has 1 N–H and O–H groups in total. The zero-order valence-corrected chi connectivity index (χ0v) is 17.1. The number of piperidine rings is 2. The van der Waals surface area contributed by atoms with Gasteiger partial charge >= 0.3 is 0 Å². The van der Waals surface area contributed by atoms with E-state index in [1.54, 1.807) is 18.6 Å². The molecule has 1 aliphatic carbocycles. The van der Waals surface area contributed by atoms with E-state index in [-0.39, 0.29) is 17.4 Å². The number of aromatic nitrogens is 2. The van der Waals surface area contributed by atoms with Crippen LogP contribution in [0.25, 0.3) is 0 Å². The third-order valence-corrected chi connectivity index (χ3v) is 7.07. The molecule has 3 aliphatic rings. The van der Waals surface area contributed by atoms with Gasteiger partial charge in [-0.2, -0.15) is 0 Å². The van der Waals surface area contributed by atoms with Crippen molar-refractivity contribution < 1.29 is 4.79 Å². The van der Waals surface area contributed by atoms with E-state index in [0.29, 0.717) is 0 Å². The van der Waals surface area contributed by atoms with Crippen molar-refractivity contribution in [2.24, 2.45) is 5.92 Å². The van der Waals surface area contributed by atoms with Crippen LogP contribution < -0.4 is 10.2 Å². The first-order valence-corrected chi connectivity index (χ1v) is 11.3. The zero-order valence-electron chi connectivity index (χ0n) is 17.1. The molecule has 1 aromatic rings. The van der Waals surface area contributed by atoms with Crippen LogP contribution in [-0.2, 0) is 4.79 Å². The minimum absolute atomic E-state index is 0.0535. The molecule has 2 aliphatic heterocycles. The van der Waals surface area contributed by atoms with Crippen LogP contribution in [0.4, 0.5) is 5.82 Å². The molecule has 0 bridgehead atoms. The molecule has 6 heteroatoms. The molecule has 1 aromatic heterocycles. The molecular weight excluding hydrogens is 350 g/mol. The summed E-state index contributed by atoms with van der Waals surface area (Å²) in [5, 5.41) is 3.39. The molecule has 0 aromatic carbocycles. The lowest BCUT2D eigenvalue weighted by Crippen LogP contribution is -2.59. The molecule has 154 valence electrons. The third kappa shape index (κ3) is 4.48. The summed E-state index contributed by atoms with van der Waals surface area (Å²) < 4.78 is 0. The number of amides is 1. The van der Waals surface area contributed by atoms with E-state index in [2.05, 4.69) is 25.1 Å². The van der Waals surface area contributed by atoms with Crippen molar-refractivity contribution >= 4 is 11.7 Å². The predicted octanol–water partition coefficient (Wildman–Crippen LogP) is 3.00. The highest BCUT2D eigenvalue weighted by Crippen LogP contribution is 2.35. The third-order valence-electron chi connectivity index (χ3n) is 7.07. The molecule has 0 radical (unpaired) electrons. The van der Waals surface area contributed by atoms with Crippen LogP contribution in [0.5, 0.6) is 0 Å². The molecular formula is C22H35N5O. The fourth-order valence-electron chi connectivity index (χ4n) is 5.43. The molecule has 3 heterocycles. The number of nitrogens with zero attached hydrogens (tertiary/aromatic N) is 4. The van der Waals surface area contributed by atoms with Crippen LogP contribution in [0, 0.1) is 5.92 Å². The minimum atomic E-state index is 0.0535. The number of hydrogen-bond donors (Lipinski definition) is 1. The van der Waals surface area contributed by atoms with E-state index < -0.39 is 0 Å². The normalized spacial score (nSPS) is 26.0. The van der Waals surface area contributed by atoms with Crippen molar-refractivity contribution in [1.29, 1.82) is 0 Å². The van der Waals surface area contributed by atoms with E-state index in [9.17, 15) is 4.79 Å². The molecule has 28 heavy (non-hydrogen) atoms. The van der Waals surface area contributed by atoms with Crippen molar-refractivity contribution in [2.45, 2.75) is 69.7 Å². The maximum atomic E-state index is 13.1. The number of carbonyl (C=O) groups excluding carboxylic acids is 1. The molecule has 0 spiro atoms. The van der Waals surface area contributed by atoms with Gasteiger partial charge in [-0.1, -0.05) is 25.7 Å². The SMILES string of the molecule is O=C(NCC1(N2CCCCC2)CCCCC1)[C@@H]1CCCN(c2cnccn2)C1. The lowest BCUT2D eigenvalue weighted by Gasteiger charge is -2.48. The lowest BCUT2D eigenvalue weighted by atomic mass is 9.79. The van der Waals surface area contributed by atoms with Gasteiger partial charge in [0.1, 0.15) is 5.82 Å². The summed E-state index contributed by atoms with van der Waals surface area (Å²) in [5.74, 6) is 1.17. The molecule has 6 nitrogen and oxygen atoms in total. The number of anilines is 1. The summed E-state index contributed by atoms with van der Waals surface area (Å²) >= 11 is 0. The lowest BCUT2D eigenvalue weighted by molar-refractivity contribution is -0.126. The first-order valence-electron chi connectivity index (χ1n) is 11.3. The smallest absolute Gasteiger partial charge is 0.224 e. The van der Waals surface area contributed by atoms with Crippen molar-refractivity contribution in [1.82, 2.24) is 20.2 Å². The molecule has 3 fully saturated rings. The quantitative estimate of drug-likeness (QED) is 0.844. The Morgan fingerprint density at radius 1 is 1.04 bits per heavy atom. The Morgan fingerprint density at radius 3 is 2.57 bits per heavy atom. The summed E-state index contributed by atoms with van der Waals surface area (Å²) in [6, 6.07) is 0. The number of carbonyl (C=O) groups is 1. The van der Waals surface area contributed by atoms with E-state index in [4.69, 9.17) is 0 Å². The molecule has 1 atom stereocenters. The monoisotopic (exact) mass is 385 g/mol. The number of nitrogens with one attached hydrogen (secondary N) is 1. The van der Waals surface area contributed by atoms with Crippen molar-refractivity contribution in [3.8, 4) is 0 Å². The summed E-state index contributed by atoms with van der Waals surface area (Å²) in [6.45, 7) is 4.95. The van der Waals surface area contributed by atoms with Gasteiger partial charge in [0.05, 0.1) is 12.1 Å². The van der Waals surface area contributed by atoms with E-state index in [1.165, 1.54) is 64.5 Å². The fraction of sp³-hybridized carbons (Fsp3) is 0.773. The maximum Gasteiger partial charge on any atom is 0.224 e. The van der Waals surface area contributed by atoms with Crippen molar-refractivity contribution in [3.05, 3.63) is 18.6 Å². The van der Waals surface area contributed by atoms with Crippen molar-refractivity contribution in [2.75, 3.05) is 37.6 Å². The topological polar surface area (TPSA) is 61.4 Å². The highest BCUT2D eigenvalue weighted by molar-refractivity contribution is 5.79. The molecule has 1 saturated carbocycles. The van der Waals surface area contributed by atoms with Gasteiger partial charge < -0.3 is 10.2 Å². The Balaban J connectivity index is 1.36. The average molecular weight is 386 g/mol. The summed E-state index contributed by atoms with van der Waals surface area (Å²) in [7, 11) is 0. The number of likely N-dealkylation sites (tertiary alicyclic amines) is 1. The largest absolute Gasteiger partial charge is 0.355 e. The Hall–Kier alpha value is -1.69. The summed E-state index contributed by atoms with van der Waals surface area (Å²) in [4.78, 5) is 26.6. The highest BCUT2D eigenvalue weighted by Gasteiger charge is 2.39. The second-order valence-electron chi connectivity index (χ2n) is 8.90. The molecule has 1 amide bonds. The Labute approximate surface area is 169 Å². The van der Waals surface area contributed by atoms with E-state index in [0.717, 1.165) is 38.3 Å². The van der Waals surface area contributed by atoms with Gasteiger partial charge in [0, 0.05) is 37.6 Å². The van der Waals surface area contributed by atoms with Crippen LogP contribution in [0.1, 0.15) is 64.2 Å². The minimum Gasteiger partial charge on any atom is -0.355 e. The standard InChI is InChI=1S/C22H35N5O/c28-21(19-8-7-13-26(17-19)20-16-23-11-12-24-20)25-18-22(9-3-1-4-10-22)27-14-5-2-6-15-27/h11-12,16,19H,1-10,13-15,17-18H2,(H,25,28)/t19-/m1/s1. The number of rotatable bonds is 5. The van der Waals surface area contributed by atoms with Crippen LogP contribution >= 0.6 is 0 Å². The average Bonchev–Trinajstić information content (AvgIpc) is 2.79. The molecule has 4 rings (SSSR count). The second kappa shape index (κ2) is 9.21. The molecule has 2 saturated heterocycles. The maximum absolute atomic E-state index is 13.1. The van der Waals surface area contributed by atoms with Gasteiger partial charge in [0.15, 0.2) is 0 Å². The highest BCUT2D eigenvalue weighted by atomic mass is 16.1. The van der Waals surface area contributed by atoms with Gasteiger partial charge in [0.2, 0.25) is 5.91 Å². The molecule has 0 unspecified atom stereocenters. The van der Waals surface area contributed by atoms with Crippen LogP contribution in [0.3, 0.4) is 0 Å². The first kappa shape index (κ1) is 19.6. The van der Waals surface area contributed by atoms with Gasteiger partial charge in [-0.15, -0.1) is 0 Å². The Bertz CT molecular complexity index is 625. The van der Waals surface area contributed by atoms with Crippen LogP contribution in [0.15, 0.2) is 18.6 Å². The van der Waals surface area contributed by atoms with Crippen LogP contribution in [0.2, 0.25) is 0 Å². The van der Waals surface area contributed by atoms with E-state index >= 15 is 0 Å². The predicted molar refractivity (Wildman–Crippen MR) is 111 cm³/mol. The first-order chi connectivity index (χ1) is 13.8. The van der Waals surface area contributed by atoms with Gasteiger partial charge in [-0.25, -0.2) is 4.98 Å². The van der Waals surface area contributed by atoms with Crippen LogP contribution in [-0.4, -0.2) is 59.0 Å².